The number of fused-ring (bicyclic) bond motifs is 2. The number of aromatic nitrogens is 2. The number of carbonyl (C=O) groups excluding carboxylic acids is 1. The van der Waals surface area contributed by atoms with E-state index < -0.39 is 18.3 Å². The molecule has 0 unspecified atom stereocenters. The first-order valence-electron chi connectivity index (χ1n) is 10.8. The molecule has 0 saturated carbocycles. The Morgan fingerprint density at radius 3 is 2.79 bits per heavy atom. The van der Waals surface area contributed by atoms with Gasteiger partial charge in [-0.05, 0) is 42.2 Å². The molecule has 0 spiro atoms. The molecule has 0 saturated heterocycles. The summed E-state index contributed by atoms with van der Waals surface area (Å²) in [6, 6.07) is 12.0. The molecule has 2 aliphatic heterocycles. The number of hydrogen-bond acceptors (Lipinski definition) is 4. The SMILES string of the molecule is COc1cccc([C@@H]2C[C@@H](C(F)(F)F)n3ncc(C(=O)N4CCCc5ccccc54)c3N2)c1. The van der Waals surface area contributed by atoms with Crippen molar-refractivity contribution in [3.63, 3.8) is 0 Å². The summed E-state index contributed by atoms with van der Waals surface area (Å²) >= 11 is 0. The average Bonchev–Trinajstić information content (AvgIpc) is 3.26. The van der Waals surface area contributed by atoms with E-state index in [1.807, 2.05) is 24.3 Å². The van der Waals surface area contributed by atoms with Gasteiger partial charge in [0.2, 0.25) is 0 Å². The van der Waals surface area contributed by atoms with Crippen molar-refractivity contribution in [3.05, 3.63) is 71.4 Å². The van der Waals surface area contributed by atoms with Gasteiger partial charge in [-0.1, -0.05) is 30.3 Å². The fraction of sp³-hybridized carbons (Fsp3) is 0.333. The van der Waals surface area contributed by atoms with Gasteiger partial charge in [0.05, 0.1) is 19.3 Å². The van der Waals surface area contributed by atoms with Gasteiger partial charge in [-0.3, -0.25) is 4.79 Å². The third-order valence-electron chi connectivity index (χ3n) is 6.32. The summed E-state index contributed by atoms with van der Waals surface area (Å²) in [4.78, 5) is 15.2. The number of rotatable bonds is 3. The summed E-state index contributed by atoms with van der Waals surface area (Å²) in [5.74, 6) is 0.283. The van der Waals surface area contributed by atoms with Crippen molar-refractivity contribution in [3.8, 4) is 5.75 Å². The summed E-state index contributed by atoms with van der Waals surface area (Å²) in [7, 11) is 1.51. The van der Waals surface area contributed by atoms with E-state index >= 15 is 0 Å². The van der Waals surface area contributed by atoms with Crippen LogP contribution in [0, 0.1) is 0 Å². The lowest BCUT2D eigenvalue weighted by atomic mass is 9.96. The Labute approximate surface area is 189 Å². The number of carbonyl (C=O) groups is 1. The predicted molar refractivity (Wildman–Crippen MR) is 118 cm³/mol. The minimum Gasteiger partial charge on any atom is -0.497 e. The number of methoxy groups -OCH3 is 1. The first-order chi connectivity index (χ1) is 15.9. The number of nitrogens with zero attached hydrogens (tertiary/aromatic N) is 3. The molecule has 1 N–H and O–H groups in total. The highest BCUT2D eigenvalue weighted by Gasteiger charge is 2.47. The predicted octanol–water partition coefficient (Wildman–Crippen LogP) is 5.15. The van der Waals surface area contributed by atoms with Gasteiger partial charge < -0.3 is 15.0 Å². The van der Waals surface area contributed by atoms with E-state index in [1.54, 1.807) is 29.2 Å². The molecule has 2 atom stereocenters. The minimum absolute atomic E-state index is 0.0875. The number of anilines is 2. The molecule has 1 amide bonds. The van der Waals surface area contributed by atoms with Crippen LogP contribution in [0.1, 0.15) is 46.4 Å². The highest BCUT2D eigenvalue weighted by Crippen LogP contribution is 2.45. The van der Waals surface area contributed by atoms with Crippen molar-refractivity contribution in [1.29, 1.82) is 0 Å². The molecule has 0 aliphatic carbocycles. The van der Waals surface area contributed by atoms with E-state index in [0.29, 0.717) is 17.9 Å². The van der Waals surface area contributed by atoms with Crippen LogP contribution in [-0.4, -0.2) is 35.5 Å². The highest BCUT2D eigenvalue weighted by atomic mass is 19.4. The highest BCUT2D eigenvalue weighted by molar-refractivity contribution is 6.09. The third kappa shape index (κ3) is 3.81. The number of aryl methyl sites for hydroxylation is 1. The smallest absolute Gasteiger partial charge is 0.410 e. The number of halogens is 3. The first kappa shape index (κ1) is 21.4. The quantitative estimate of drug-likeness (QED) is 0.593. The second kappa shape index (κ2) is 8.13. The summed E-state index contributed by atoms with van der Waals surface area (Å²) in [6.45, 7) is 0.502. The van der Waals surface area contributed by atoms with Gasteiger partial charge in [0.1, 0.15) is 17.1 Å². The number of hydrogen-bond donors (Lipinski definition) is 1. The third-order valence-corrected chi connectivity index (χ3v) is 6.32. The molecule has 3 aromatic rings. The molecule has 1 aromatic heterocycles. The standard InChI is InChI=1S/C24H23F3N4O2/c1-33-17-9-4-7-16(12-17)19-13-21(24(25,26)27)31-22(29-19)18(14-28-31)23(32)30-11-5-8-15-6-2-3-10-20(15)30/h2-4,6-7,9-10,12,14,19,21,29H,5,8,11,13H2,1H3/t19-,21-/m0/s1. The summed E-state index contributed by atoms with van der Waals surface area (Å²) in [5.41, 5.74) is 2.63. The second-order valence-electron chi connectivity index (χ2n) is 8.31. The van der Waals surface area contributed by atoms with Gasteiger partial charge in [-0.25, -0.2) is 4.68 Å². The Morgan fingerprint density at radius 1 is 1.18 bits per heavy atom. The Balaban J connectivity index is 1.55. The van der Waals surface area contributed by atoms with Gasteiger partial charge in [-0.15, -0.1) is 0 Å². The van der Waals surface area contributed by atoms with Gasteiger partial charge >= 0.3 is 6.18 Å². The fourth-order valence-corrected chi connectivity index (χ4v) is 4.69. The molecule has 3 heterocycles. The maximum atomic E-state index is 14.0. The normalized spacial score (nSPS) is 19.9. The molecule has 2 aromatic carbocycles. The Kier molecular flexibility index (Phi) is 5.26. The molecular weight excluding hydrogens is 433 g/mol. The summed E-state index contributed by atoms with van der Waals surface area (Å²) < 4.78 is 48.2. The zero-order valence-electron chi connectivity index (χ0n) is 18.0. The lowest BCUT2D eigenvalue weighted by Gasteiger charge is -2.35. The Hall–Kier alpha value is -3.49. The average molecular weight is 456 g/mol. The largest absolute Gasteiger partial charge is 0.497 e. The van der Waals surface area contributed by atoms with Crippen LogP contribution in [0.25, 0.3) is 0 Å². The molecule has 172 valence electrons. The topological polar surface area (TPSA) is 59.4 Å². The van der Waals surface area contributed by atoms with Crippen molar-refractivity contribution in [2.24, 2.45) is 0 Å². The van der Waals surface area contributed by atoms with Crippen molar-refractivity contribution in [1.82, 2.24) is 9.78 Å². The molecule has 0 radical (unpaired) electrons. The molecule has 33 heavy (non-hydrogen) atoms. The van der Waals surface area contributed by atoms with E-state index in [1.165, 1.54) is 13.3 Å². The van der Waals surface area contributed by atoms with Crippen molar-refractivity contribution >= 4 is 17.4 Å². The maximum absolute atomic E-state index is 14.0. The Morgan fingerprint density at radius 2 is 2.00 bits per heavy atom. The summed E-state index contributed by atoms with van der Waals surface area (Å²) in [6.07, 6.45) is -1.87. The molecule has 5 rings (SSSR count). The molecule has 2 aliphatic rings. The van der Waals surface area contributed by atoms with E-state index in [0.717, 1.165) is 28.8 Å². The van der Waals surface area contributed by atoms with Gasteiger partial charge in [-0.2, -0.15) is 18.3 Å². The van der Waals surface area contributed by atoms with Crippen LogP contribution in [0.2, 0.25) is 0 Å². The molecule has 0 fully saturated rings. The molecular formula is C24H23F3N4O2. The zero-order valence-corrected chi connectivity index (χ0v) is 18.0. The number of ether oxygens (including phenoxy) is 1. The van der Waals surface area contributed by atoms with Crippen molar-refractivity contribution < 1.29 is 22.7 Å². The van der Waals surface area contributed by atoms with E-state index in [4.69, 9.17) is 4.74 Å². The number of amides is 1. The van der Waals surface area contributed by atoms with Crippen LogP contribution in [0.4, 0.5) is 24.7 Å². The van der Waals surface area contributed by atoms with Crippen LogP contribution < -0.4 is 15.0 Å². The van der Waals surface area contributed by atoms with Crippen LogP contribution in [0.15, 0.2) is 54.7 Å². The van der Waals surface area contributed by atoms with E-state index in [2.05, 4.69) is 10.4 Å². The van der Waals surface area contributed by atoms with E-state index in [-0.39, 0.29) is 23.7 Å². The summed E-state index contributed by atoms with van der Waals surface area (Å²) in [5, 5.41) is 7.16. The van der Waals surface area contributed by atoms with Gasteiger partial charge in [0, 0.05) is 18.7 Å². The lowest BCUT2D eigenvalue weighted by Crippen LogP contribution is -2.38. The van der Waals surface area contributed by atoms with Crippen molar-refractivity contribution in [2.75, 3.05) is 23.9 Å². The van der Waals surface area contributed by atoms with Crippen LogP contribution in [0.5, 0.6) is 5.75 Å². The molecule has 9 heteroatoms. The van der Waals surface area contributed by atoms with Crippen LogP contribution in [-0.2, 0) is 6.42 Å². The van der Waals surface area contributed by atoms with Gasteiger partial charge in [0.25, 0.3) is 5.91 Å². The minimum atomic E-state index is -4.52. The van der Waals surface area contributed by atoms with Crippen LogP contribution in [0.3, 0.4) is 0 Å². The number of benzene rings is 2. The maximum Gasteiger partial charge on any atom is 0.410 e. The first-order valence-corrected chi connectivity index (χ1v) is 10.8. The molecule has 6 nitrogen and oxygen atoms in total. The zero-order chi connectivity index (χ0) is 23.2. The monoisotopic (exact) mass is 456 g/mol. The number of nitrogens with one attached hydrogen (secondary N) is 1. The second-order valence-corrected chi connectivity index (χ2v) is 8.31. The fourth-order valence-electron chi connectivity index (χ4n) is 4.69. The van der Waals surface area contributed by atoms with E-state index in [9.17, 15) is 18.0 Å². The van der Waals surface area contributed by atoms with Gasteiger partial charge in [0.15, 0.2) is 6.04 Å². The number of alkyl halides is 3. The number of para-hydroxylation sites is 1. The molecule has 0 bridgehead atoms. The van der Waals surface area contributed by atoms with Crippen molar-refractivity contribution in [2.45, 2.75) is 37.5 Å². The van der Waals surface area contributed by atoms with Crippen LogP contribution >= 0.6 is 0 Å². The Bertz CT molecular complexity index is 1190. The lowest BCUT2D eigenvalue weighted by molar-refractivity contribution is -0.173.